The SMILES string of the molecule is CC(C)Oc1ccc(-c2nc(-c3ccc4c(c3)CCN(C(C)(C)C(=O)N[C@H](C)CO)CC4)no2)cc1C#N.Cl. The largest absolute Gasteiger partial charge is 0.490 e. The number of nitriles is 1. The number of nitrogens with zero attached hydrogens (tertiary/aromatic N) is 4. The van der Waals surface area contributed by atoms with Gasteiger partial charge in [-0.15, -0.1) is 12.4 Å². The van der Waals surface area contributed by atoms with Crippen molar-refractivity contribution in [2.24, 2.45) is 0 Å². The third kappa shape index (κ3) is 6.77. The molecule has 1 atom stereocenters. The fourth-order valence-electron chi connectivity index (χ4n) is 4.58. The fourth-order valence-corrected chi connectivity index (χ4v) is 4.58. The van der Waals surface area contributed by atoms with E-state index in [1.807, 2.05) is 33.8 Å². The second kappa shape index (κ2) is 12.6. The Hall–Kier alpha value is -3.45. The van der Waals surface area contributed by atoms with Gasteiger partial charge in [0.25, 0.3) is 5.89 Å². The lowest BCUT2D eigenvalue weighted by molar-refractivity contribution is -0.132. The maximum absolute atomic E-state index is 12.9. The molecule has 0 unspecified atom stereocenters. The molecule has 0 saturated heterocycles. The van der Waals surface area contributed by atoms with Gasteiger partial charge in [-0.1, -0.05) is 17.3 Å². The van der Waals surface area contributed by atoms with Crippen molar-refractivity contribution in [2.45, 2.75) is 65.1 Å². The van der Waals surface area contributed by atoms with E-state index in [1.165, 1.54) is 11.1 Å². The first kappa shape index (κ1) is 30.1. The van der Waals surface area contributed by atoms with E-state index in [1.54, 1.807) is 25.1 Å². The number of aliphatic hydroxyl groups is 1. The Bertz CT molecular complexity index is 1350. The summed E-state index contributed by atoms with van der Waals surface area (Å²) in [7, 11) is 0. The molecule has 0 aliphatic carbocycles. The van der Waals surface area contributed by atoms with E-state index in [2.05, 4.69) is 38.6 Å². The first-order valence-electron chi connectivity index (χ1n) is 13.0. The van der Waals surface area contributed by atoms with Crippen LogP contribution in [0.15, 0.2) is 40.9 Å². The zero-order valence-electron chi connectivity index (χ0n) is 23.0. The first-order valence-corrected chi connectivity index (χ1v) is 13.0. The maximum atomic E-state index is 12.9. The number of hydrogen-bond donors (Lipinski definition) is 2. The van der Waals surface area contributed by atoms with Gasteiger partial charge >= 0.3 is 0 Å². The molecule has 0 bridgehead atoms. The predicted molar refractivity (Wildman–Crippen MR) is 151 cm³/mol. The highest BCUT2D eigenvalue weighted by Crippen LogP contribution is 2.30. The molecule has 0 spiro atoms. The number of hydrogen-bond acceptors (Lipinski definition) is 8. The van der Waals surface area contributed by atoms with Gasteiger partial charge in [-0.3, -0.25) is 9.69 Å². The lowest BCUT2D eigenvalue weighted by Gasteiger charge is -2.37. The van der Waals surface area contributed by atoms with E-state index >= 15 is 0 Å². The summed E-state index contributed by atoms with van der Waals surface area (Å²) in [4.78, 5) is 19.7. The maximum Gasteiger partial charge on any atom is 0.258 e. The van der Waals surface area contributed by atoms with Gasteiger partial charge in [0.1, 0.15) is 11.8 Å². The van der Waals surface area contributed by atoms with Crippen LogP contribution in [0.2, 0.25) is 0 Å². The Labute approximate surface area is 235 Å². The third-order valence-corrected chi connectivity index (χ3v) is 6.90. The molecule has 39 heavy (non-hydrogen) atoms. The molecule has 9 nitrogen and oxygen atoms in total. The van der Waals surface area contributed by atoms with Crippen molar-refractivity contribution in [1.82, 2.24) is 20.4 Å². The summed E-state index contributed by atoms with van der Waals surface area (Å²) in [6, 6.07) is 13.3. The van der Waals surface area contributed by atoms with Crippen molar-refractivity contribution in [3.8, 4) is 34.7 Å². The summed E-state index contributed by atoms with van der Waals surface area (Å²) in [5.41, 5.74) is 3.64. The topological polar surface area (TPSA) is 125 Å². The Morgan fingerprint density at radius 2 is 1.85 bits per heavy atom. The minimum atomic E-state index is -0.699. The smallest absolute Gasteiger partial charge is 0.258 e. The van der Waals surface area contributed by atoms with Crippen LogP contribution in [-0.2, 0) is 17.6 Å². The summed E-state index contributed by atoms with van der Waals surface area (Å²) >= 11 is 0. The molecule has 4 rings (SSSR count). The first-order chi connectivity index (χ1) is 18.1. The number of carbonyl (C=O) groups excluding carboxylic acids is 1. The highest BCUT2D eigenvalue weighted by atomic mass is 35.5. The van der Waals surface area contributed by atoms with E-state index in [0.29, 0.717) is 28.6 Å². The molecule has 1 amide bonds. The number of ether oxygens (including phenoxy) is 1. The zero-order chi connectivity index (χ0) is 27.4. The summed E-state index contributed by atoms with van der Waals surface area (Å²) in [5, 5.41) is 25.9. The molecule has 0 saturated carbocycles. The standard InChI is InChI=1S/C29H35N5O4.ClH/c1-18(2)37-25-9-8-23(15-24(25)16-30)27-32-26(33-38-27)22-7-6-20-10-12-34(13-11-21(20)14-22)29(4,5)28(36)31-19(3)17-35;/h6-9,14-15,18-19,35H,10-13,17H2,1-5H3,(H,31,36);1H/t19-;/m1./s1. The number of halogens is 1. The third-order valence-electron chi connectivity index (χ3n) is 6.90. The number of aliphatic hydroxyl groups excluding tert-OH is 1. The number of carbonyl (C=O) groups is 1. The summed E-state index contributed by atoms with van der Waals surface area (Å²) in [6.07, 6.45) is 1.56. The minimum Gasteiger partial charge on any atom is -0.490 e. The Balaban J connectivity index is 0.00000420. The van der Waals surface area contributed by atoms with Gasteiger partial charge in [0.2, 0.25) is 11.7 Å². The highest BCUT2D eigenvalue weighted by Gasteiger charge is 2.35. The van der Waals surface area contributed by atoms with E-state index in [0.717, 1.165) is 31.5 Å². The Morgan fingerprint density at radius 1 is 1.15 bits per heavy atom. The van der Waals surface area contributed by atoms with Crippen molar-refractivity contribution in [3.05, 3.63) is 53.1 Å². The van der Waals surface area contributed by atoms with E-state index < -0.39 is 5.54 Å². The molecule has 10 heteroatoms. The molecule has 0 fully saturated rings. The molecule has 1 aliphatic rings. The molecular weight excluding hydrogens is 518 g/mol. The fraction of sp³-hybridized carbons (Fsp3) is 0.448. The molecular formula is C29H36ClN5O4. The molecule has 3 aromatic rings. The quantitative estimate of drug-likeness (QED) is 0.426. The minimum absolute atomic E-state index is 0. The monoisotopic (exact) mass is 553 g/mol. The molecule has 1 aromatic heterocycles. The average molecular weight is 554 g/mol. The molecule has 1 aliphatic heterocycles. The van der Waals surface area contributed by atoms with Gasteiger partial charge in [-0.05, 0) is 82.9 Å². The van der Waals surface area contributed by atoms with Gasteiger partial charge in [0.05, 0.1) is 23.8 Å². The lowest BCUT2D eigenvalue weighted by Crippen LogP contribution is -2.57. The summed E-state index contributed by atoms with van der Waals surface area (Å²) in [6.45, 7) is 10.8. The second-order valence-electron chi connectivity index (χ2n) is 10.5. The van der Waals surface area contributed by atoms with Crippen LogP contribution in [0.1, 0.15) is 51.3 Å². The average Bonchev–Trinajstić information content (AvgIpc) is 3.28. The van der Waals surface area contributed by atoms with Crippen LogP contribution < -0.4 is 10.1 Å². The summed E-state index contributed by atoms with van der Waals surface area (Å²) in [5.74, 6) is 1.24. The normalized spacial score (nSPS) is 14.5. The van der Waals surface area contributed by atoms with Crippen molar-refractivity contribution < 1.29 is 19.2 Å². The second-order valence-corrected chi connectivity index (χ2v) is 10.5. The van der Waals surface area contributed by atoms with E-state index in [-0.39, 0.29) is 37.1 Å². The van der Waals surface area contributed by atoms with Gasteiger partial charge in [-0.2, -0.15) is 10.2 Å². The van der Waals surface area contributed by atoms with Gasteiger partial charge in [-0.25, -0.2) is 0 Å². The molecule has 0 radical (unpaired) electrons. The number of aromatic nitrogens is 2. The van der Waals surface area contributed by atoms with Crippen LogP contribution in [0.4, 0.5) is 0 Å². The van der Waals surface area contributed by atoms with Gasteiger partial charge < -0.3 is 19.7 Å². The summed E-state index contributed by atoms with van der Waals surface area (Å²) < 4.78 is 11.2. The van der Waals surface area contributed by atoms with Crippen molar-refractivity contribution in [3.63, 3.8) is 0 Å². The van der Waals surface area contributed by atoms with Crippen molar-refractivity contribution in [1.29, 1.82) is 5.26 Å². The predicted octanol–water partition coefficient (Wildman–Crippen LogP) is 4.16. The highest BCUT2D eigenvalue weighted by molar-refractivity contribution is 5.86. The van der Waals surface area contributed by atoms with Crippen LogP contribution in [0, 0.1) is 11.3 Å². The van der Waals surface area contributed by atoms with Gasteiger partial charge in [0.15, 0.2) is 0 Å². The molecule has 2 aromatic carbocycles. The molecule has 2 N–H and O–H groups in total. The van der Waals surface area contributed by atoms with Gasteiger partial charge in [0, 0.05) is 30.3 Å². The van der Waals surface area contributed by atoms with E-state index in [4.69, 9.17) is 9.26 Å². The Morgan fingerprint density at radius 3 is 2.51 bits per heavy atom. The van der Waals surface area contributed by atoms with Crippen molar-refractivity contribution in [2.75, 3.05) is 19.7 Å². The number of nitrogens with one attached hydrogen (secondary N) is 1. The van der Waals surface area contributed by atoms with Crippen LogP contribution >= 0.6 is 12.4 Å². The number of fused-ring (bicyclic) bond motifs is 1. The number of benzene rings is 2. The van der Waals surface area contributed by atoms with Crippen LogP contribution in [-0.4, -0.2) is 63.4 Å². The van der Waals surface area contributed by atoms with E-state index in [9.17, 15) is 15.2 Å². The zero-order valence-corrected chi connectivity index (χ0v) is 23.8. The molecule has 2 heterocycles. The number of amides is 1. The molecule has 208 valence electrons. The lowest BCUT2D eigenvalue weighted by atomic mass is 10.00. The Kier molecular flexibility index (Phi) is 9.73. The van der Waals surface area contributed by atoms with Crippen LogP contribution in [0.3, 0.4) is 0 Å². The van der Waals surface area contributed by atoms with Crippen LogP contribution in [0.5, 0.6) is 5.75 Å². The van der Waals surface area contributed by atoms with Crippen LogP contribution in [0.25, 0.3) is 22.8 Å². The van der Waals surface area contributed by atoms with Crippen molar-refractivity contribution >= 4 is 18.3 Å². The number of rotatable bonds is 8.